The number of nitro groups is 1. The van der Waals surface area contributed by atoms with E-state index >= 15 is 0 Å². The van der Waals surface area contributed by atoms with Crippen molar-refractivity contribution >= 4 is 17.0 Å². The molecule has 0 amide bonds. The van der Waals surface area contributed by atoms with Crippen LogP contribution < -0.4 is 0 Å². The van der Waals surface area contributed by atoms with E-state index < -0.39 is 0 Å². The molecular formula is C11H9NO2S. The van der Waals surface area contributed by atoms with Gasteiger partial charge in [0, 0.05) is 17.0 Å². The van der Waals surface area contributed by atoms with Crippen LogP contribution in [-0.4, -0.2) is 4.92 Å². The summed E-state index contributed by atoms with van der Waals surface area (Å²) < 4.78 is 0. The number of benzene rings is 1. The van der Waals surface area contributed by atoms with Gasteiger partial charge in [-0.15, -0.1) is 11.3 Å². The lowest BCUT2D eigenvalue weighted by Crippen LogP contribution is -1.86. The van der Waals surface area contributed by atoms with Crippen LogP contribution in [0.5, 0.6) is 0 Å². The van der Waals surface area contributed by atoms with Crippen molar-refractivity contribution in [2.24, 2.45) is 0 Å². The summed E-state index contributed by atoms with van der Waals surface area (Å²) >= 11 is 1.65. The normalized spacial score (nSPS) is 10.2. The molecule has 0 saturated heterocycles. The molecule has 0 N–H and O–H groups in total. The molecule has 0 aliphatic heterocycles. The lowest BCUT2D eigenvalue weighted by molar-refractivity contribution is -0.384. The van der Waals surface area contributed by atoms with Crippen LogP contribution in [0.3, 0.4) is 0 Å². The molecule has 2 aromatic rings. The zero-order chi connectivity index (χ0) is 10.8. The van der Waals surface area contributed by atoms with Crippen molar-refractivity contribution in [3.8, 4) is 10.4 Å². The number of aryl methyl sites for hydroxylation is 1. The summed E-state index contributed by atoms with van der Waals surface area (Å²) in [6.45, 7) is 2.03. The average Bonchev–Trinajstić information content (AvgIpc) is 2.65. The van der Waals surface area contributed by atoms with Gasteiger partial charge in [0.2, 0.25) is 0 Å². The minimum atomic E-state index is -0.385. The molecule has 2 rings (SSSR count). The quantitative estimate of drug-likeness (QED) is 0.571. The summed E-state index contributed by atoms with van der Waals surface area (Å²) in [5, 5.41) is 12.5. The lowest BCUT2D eigenvalue weighted by atomic mass is 10.1. The Morgan fingerprint density at radius 3 is 2.40 bits per heavy atom. The molecule has 0 radical (unpaired) electrons. The van der Waals surface area contributed by atoms with Crippen LogP contribution in [-0.2, 0) is 0 Å². The second-order valence-electron chi connectivity index (χ2n) is 3.29. The van der Waals surface area contributed by atoms with Crippen LogP contribution >= 0.6 is 11.3 Å². The zero-order valence-corrected chi connectivity index (χ0v) is 8.95. The minimum Gasteiger partial charge on any atom is -0.258 e. The summed E-state index contributed by atoms with van der Waals surface area (Å²) in [5.74, 6) is 0. The molecule has 0 bridgehead atoms. The van der Waals surface area contributed by atoms with E-state index in [4.69, 9.17) is 0 Å². The number of nitro benzene ring substituents is 1. The van der Waals surface area contributed by atoms with E-state index in [2.05, 4.69) is 11.4 Å². The van der Waals surface area contributed by atoms with Crippen LogP contribution in [0.1, 0.15) is 5.56 Å². The Morgan fingerprint density at radius 2 is 1.93 bits per heavy atom. The predicted molar refractivity (Wildman–Crippen MR) is 61.1 cm³/mol. The van der Waals surface area contributed by atoms with Gasteiger partial charge in [-0.25, -0.2) is 0 Å². The molecule has 76 valence electrons. The molecule has 3 nitrogen and oxygen atoms in total. The Balaban J connectivity index is 2.35. The number of non-ortho nitro benzene ring substituents is 1. The fraction of sp³-hybridized carbons (Fsp3) is 0.0909. The highest BCUT2D eigenvalue weighted by atomic mass is 32.1. The van der Waals surface area contributed by atoms with Gasteiger partial charge < -0.3 is 0 Å². The van der Waals surface area contributed by atoms with E-state index in [0.29, 0.717) is 0 Å². The highest BCUT2D eigenvalue weighted by Crippen LogP contribution is 2.28. The topological polar surface area (TPSA) is 43.1 Å². The predicted octanol–water partition coefficient (Wildman–Crippen LogP) is 3.63. The Morgan fingerprint density at radius 1 is 1.27 bits per heavy atom. The highest BCUT2D eigenvalue weighted by Gasteiger charge is 2.05. The van der Waals surface area contributed by atoms with E-state index in [1.165, 1.54) is 17.7 Å². The standard InChI is InChI=1S/C11H9NO2S/c1-8-6-11(15-7-8)9-2-4-10(5-3-9)12(13)14/h2-7H,1H3. The van der Waals surface area contributed by atoms with Crippen LogP contribution in [0, 0.1) is 17.0 Å². The van der Waals surface area contributed by atoms with Crippen LogP contribution in [0.2, 0.25) is 0 Å². The van der Waals surface area contributed by atoms with Crippen molar-refractivity contribution in [3.05, 3.63) is 51.4 Å². The third-order valence-corrected chi connectivity index (χ3v) is 3.19. The van der Waals surface area contributed by atoms with Crippen molar-refractivity contribution in [1.29, 1.82) is 0 Å². The van der Waals surface area contributed by atoms with Gasteiger partial charge in [-0.05, 0) is 41.6 Å². The molecule has 1 aromatic heterocycles. The number of hydrogen-bond acceptors (Lipinski definition) is 3. The minimum absolute atomic E-state index is 0.132. The molecule has 0 unspecified atom stereocenters. The third kappa shape index (κ3) is 2.05. The first-order chi connectivity index (χ1) is 7.16. The SMILES string of the molecule is Cc1csc(-c2ccc([N+](=O)[O-])cc2)c1. The lowest BCUT2D eigenvalue weighted by Gasteiger charge is -1.96. The third-order valence-electron chi connectivity index (χ3n) is 2.09. The average molecular weight is 219 g/mol. The number of thiophene rings is 1. The maximum Gasteiger partial charge on any atom is 0.269 e. The molecular weight excluding hydrogens is 210 g/mol. The van der Waals surface area contributed by atoms with Crippen LogP contribution in [0.15, 0.2) is 35.7 Å². The fourth-order valence-electron chi connectivity index (χ4n) is 1.33. The number of hydrogen-bond donors (Lipinski definition) is 0. The van der Waals surface area contributed by atoms with Gasteiger partial charge in [0.1, 0.15) is 0 Å². The zero-order valence-electron chi connectivity index (χ0n) is 8.14. The van der Waals surface area contributed by atoms with E-state index in [0.717, 1.165) is 10.4 Å². The van der Waals surface area contributed by atoms with Crippen molar-refractivity contribution < 1.29 is 4.92 Å². The Bertz CT molecular complexity index is 488. The molecule has 1 aromatic carbocycles. The van der Waals surface area contributed by atoms with Gasteiger partial charge in [-0.1, -0.05) is 0 Å². The van der Waals surface area contributed by atoms with E-state index in [-0.39, 0.29) is 10.6 Å². The maximum absolute atomic E-state index is 10.5. The van der Waals surface area contributed by atoms with Crippen molar-refractivity contribution in [1.82, 2.24) is 0 Å². The highest BCUT2D eigenvalue weighted by molar-refractivity contribution is 7.13. The Hall–Kier alpha value is -1.68. The first-order valence-electron chi connectivity index (χ1n) is 4.47. The maximum atomic E-state index is 10.5. The molecule has 4 heteroatoms. The van der Waals surface area contributed by atoms with Crippen LogP contribution in [0.25, 0.3) is 10.4 Å². The molecule has 1 heterocycles. The van der Waals surface area contributed by atoms with Crippen LogP contribution in [0.4, 0.5) is 5.69 Å². The van der Waals surface area contributed by atoms with Crippen molar-refractivity contribution in [2.75, 3.05) is 0 Å². The summed E-state index contributed by atoms with van der Waals surface area (Å²) in [4.78, 5) is 11.2. The van der Waals surface area contributed by atoms with Gasteiger partial charge >= 0.3 is 0 Å². The molecule has 0 saturated carbocycles. The second kappa shape index (κ2) is 3.82. The molecule has 0 aliphatic carbocycles. The summed E-state index contributed by atoms with van der Waals surface area (Å²) in [6, 6.07) is 8.70. The summed E-state index contributed by atoms with van der Waals surface area (Å²) in [5.41, 5.74) is 2.37. The molecule has 0 spiro atoms. The first-order valence-corrected chi connectivity index (χ1v) is 5.35. The smallest absolute Gasteiger partial charge is 0.258 e. The molecule has 0 aliphatic rings. The largest absolute Gasteiger partial charge is 0.269 e. The monoisotopic (exact) mass is 219 g/mol. The van der Waals surface area contributed by atoms with Gasteiger partial charge in [-0.3, -0.25) is 10.1 Å². The summed E-state index contributed by atoms with van der Waals surface area (Å²) in [7, 11) is 0. The van der Waals surface area contributed by atoms with Gasteiger partial charge in [0.15, 0.2) is 0 Å². The molecule has 0 atom stereocenters. The Kier molecular flexibility index (Phi) is 2.51. The van der Waals surface area contributed by atoms with Crippen molar-refractivity contribution in [3.63, 3.8) is 0 Å². The van der Waals surface area contributed by atoms with Gasteiger partial charge in [0.25, 0.3) is 5.69 Å². The van der Waals surface area contributed by atoms with E-state index in [1.54, 1.807) is 23.5 Å². The fourth-order valence-corrected chi connectivity index (χ4v) is 2.24. The summed E-state index contributed by atoms with van der Waals surface area (Å²) in [6.07, 6.45) is 0. The number of nitrogens with zero attached hydrogens (tertiary/aromatic N) is 1. The van der Waals surface area contributed by atoms with Gasteiger partial charge in [-0.2, -0.15) is 0 Å². The first kappa shape index (κ1) is 9.86. The van der Waals surface area contributed by atoms with Gasteiger partial charge in [0.05, 0.1) is 4.92 Å². The molecule has 0 fully saturated rings. The van der Waals surface area contributed by atoms with E-state index in [9.17, 15) is 10.1 Å². The van der Waals surface area contributed by atoms with Crippen molar-refractivity contribution in [2.45, 2.75) is 6.92 Å². The number of rotatable bonds is 2. The second-order valence-corrected chi connectivity index (χ2v) is 4.20. The Labute approximate surface area is 91.1 Å². The molecule has 15 heavy (non-hydrogen) atoms. The van der Waals surface area contributed by atoms with E-state index in [1.807, 2.05) is 6.92 Å².